The first-order chi connectivity index (χ1) is 20.2. The van der Waals surface area contributed by atoms with E-state index in [4.69, 9.17) is 16.3 Å². The number of hydrogen-bond donors (Lipinski definition) is 2. The van der Waals surface area contributed by atoms with E-state index < -0.39 is 23.7 Å². The maximum Gasteiger partial charge on any atom is 0.336 e. The fourth-order valence-electron chi connectivity index (χ4n) is 4.52. The lowest BCUT2D eigenvalue weighted by atomic mass is 10.1. The number of methoxy groups -OCH3 is 1. The SMILES string of the molecule is COc1ccc(-n2c(=O)c3ccc(C(=O)NCc4ccc(C)cc4)cc3n(CC(=O)Nc3cccc(Cl)c3)c2=O)cc1. The molecule has 0 aliphatic carbocycles. The summed E-state index contributed by atoms with van der Waals surface area (Å²) < 4.78 is 7.36. The van der Waals surface area contributed by atoms with Crippen molar-refractivity contribution in [3.05, 3.63) is 134 Å². The molecule has 0 atom stereocenters. The van der Waals surface area contributed by atoms with E-state index in [1.807, 2.05) is 31.2 Å². The van der Waals surface area contributed by atoms with E-state index in [-0.39, 0.29) is 22.4 Å². The number of benzene rings is 4. The number of nitrogens with zero attached hydrogens (tertiary/aromatic N) is 2. The van der Waals surface area contributed by atoms with Gasteiger partial charge in [0.15, 0.2) is 0 Å². The molecule has 1 heterocycles. The van der Waals surface area contributed by atoms with E-state index in [1.165, 1.54) is 29.9 Å². The molecule has 5 aromatic rings. The first-order valence-corrected chi connectivity index (χ1v) is 13.4. The fourth-order valence-corrected chi connectivity index (χ4v) is 4.71. The second-order valence-corrected chi connectivity index (χ2v) is 10.1. The number of anilines is 1. The Bertz CT molecular complexity index is 1910. The molecule has 9 nitrogen and oxygen atoms in total. The normalized spacial score (nSPS) is 10.8. The zero-order chi connectivity index (χ0) is 29.8. The van der Waals surface area contributed by atoms with Gasteiger partial charge in [-0.3, -0.25) is 19.0 Å². The minimum Gasteiger partial charge on any atom is -0.497 e. The van der Waals surface area contributed by atoms with E-state index in [0.717, 1.165) is 15.7 Å². The molecular weight excluding hydrogens is 556 g/mol. The Kier molecular flexibility index (Phi) is 8.21. The summed E-state index contributed by atoms with van der Waals surface area (Å²) in [5.41, 5.74) is 1.85. The highest BCUT2D eigenvalue weighted by molar-refractivity contribution is 6.30. The summed E-state index contributed by atoms with van der Waals surface area (Å²) in [4.78, 5) is 53.6. The molecule has 10 heteroatoms. The Morgan fingerprint density at radius 3 is 2.33 bits per heavy atom. The van der Waals surface area contributed by atoms with Crippen molar-refractivity contribution < 1.29 is 14.3 Å². The Morgan fingerprint density at radius 1 is 0.905 bits per heavy atom. The molecular formula is C32H27ClN4O5. The monoisotopic (exact) mass is 582 g/mol. The lowest BCUT2D eigenvalue weighted by molar-refractivity contribution is -0.116. The summed E-state index contributed by atoms with van der Waals surface area (Å²) in [6.07, 6.45) is 0. The minimum atomic E-state index is -0.740. The molecule has 1 aromatic heterocycles. The quantitative estimate of drug-likeness (QED) is 0.276. The summed E-state index contributed by atoms with van der Waals surface area (Å²) in [6.45, 7) is 1.85. The van der Waals surface area contributed by atoms with Crippen LogP contribution in [0.1, 0.15) is 21.5 Å². The molecule has 0 fully saturated rings. The highest BCUT2D eigenvalue weighted by Gasteiger charge is 2.19. The Hall–Kier alpha value is -5.15. The molecule has 0 aliphatic heterocycles. The highest BCUT2D eigenvalue weighted by Crippen LogP contribution is 2.18. The minimum absolute atomic E-state index is 0.152. The van der Waals surface area contributed by atoms with Gasteiger partial charge >= 0.3 is 5.69 Å². The topological polar surface area (TPSA) is 111 Å². The van der Waals surface area contributed by atoms with Crippen LogP contribution in [-0.4, -0.2) is 28.1 Å². The molecule has 4 aromatic carbocycles. The van der Waals surface area contributed by atoms with Crippen molar-refractivity contribution in [1.29, 1.82) is 0 Å². The van der Waals surface area contributed by atoms with Crippen molar-refractivity contribution in [2.45, 2.75) is 20.0 Å². The number of hydrogen-bond acceptors (Lipinski definition) is 5. The van der Waals surface area contributed by atoms with Crippen LogP contribution in [0, 0.1) is 6.92 Å². The van der Waals surface area contributed by atoms with Gasteiger partial charge in [0.05, 0.1) is 23.7 Å². The number of carbonyl (C=O) groups is 2. The van der Waals surface area contributed by atoms with E-state index in [2.05, 4.69) is 10.6 Å². The zero-order valence-corrected chi connectivity index (χ0v) is 23.6. The van der Waals surface area contributed by atoms with Crippen LogP contribution in [0.2, 0.25) is 5.02 Å². The van der Waals surface area contributed by atoms with Gasteiger partial charge in [-0.1, -0.05) is 47.5 Å². The number of aromatic nitrogens is 2. The van der Waals surface area contributed by atoms with Crippen LogP contribution < -0.4 is 26.6 Å². The standard InChI is InChI=1S/C32H27ClN4O5/c1-20-6-8-21(9-7-20)18-34-30(39)22-10-15-27-28(16-22)36(19-29(38)35-24-5-3-4-23(33)17-24)32(41)37(31(27)40)25-11-13-26(42-2)14-12-25/h3-17H,18-19H2,1-2H3,(H,34,39)(H,35,38). The second-order valence-electron chi connectivity index (χ2n) is 9.67. The summed E-state index contributed by atoms with van der Waals surface area (Å²) in [5.74, 6) is -0.357. The highest BCUT2D eigenvalue weighted by atomic mass is 35.5. The number of aryl methyl sites for hydroxylation is 1. The third kappa shape index (κ3) is 6.11. The molecule has 0 unspecified atom stereocenters. The fraction of sp³-hybridized carbons (Fsp3) is 0.125. The summed E-state index contributed by atoms with van der Waals surface area (Å²) in [5, 5.41) is 6.19. The zero-order valence-electron chi connectivity index (χ0n) is 22.9. The van der Waals surface area contributed by atoms with E-state index in [9.17, 15) is 19.2 Å². The molecule has 0 saturated carbocycles. The van der Waals surface area contributed by atoms with Crippen LogP contribution in [0.5, 0.6) is 5.75 Å². The Balaban J connectivity index is 1.56. The number of ether oxygens (including phenoxy) is 1. The molecule has 2 N–H and O–H groups in total. The summed E-state index contributed by atoms with van der Waals surface area (Å²) in [6, 6.07) is 25.2. The average Bonchev–Trinajstić information content (AvgIpc) is 2.99. The van der Waals surface area contributed by atoms with Crippen molar-refractivity contribution in [3.8, 4) is 11.4 Å². The molecule has 212 valence electrons. The second kappa shape index (κ2) is 12.2. The van der Waals surface area contributed by atoms with Gasteiger partial charge in [-0.05, 0) is 73.2 Å². The third-order valence-electron chi connectivity index (χ3n) is 6.72. The molecule has 42 heavy (non-hydrogen) atoms. The van der Waals surface area contributed by atoms with Gasteiger partial charge in [0.2, 0.25) is 5.91 Å². The van der Waals surface area contributed by atoms with Crippen molar-refractivity contribution in [2.75, 3.05) is 12.4 Å². The predicted molar refractivity (Wildman–Crippen MR) is 163 cm³/mol. The maximum absolute atomic E-state index is 13.8. The number of rotatable bonds is 8. The number of fused-ring (bicyclic) bond motifs is 1. The van der Waals surface area contributed by atoms with Crippen molar-refractivity contribution in [1.82, 2.24) is 14.5 Å². The van der Waals surface area contributed by atoms with Gasteiger partial charge in [-0.25, -0.2) is 9.36 Å². The van der Waals surface area contributed by atoms with Crippen LogP contribution >= 0.6 is 11.6 Å². The molecule has 0 spiro atoms. The molecule has 0 aliphatic rings. The molecule has 0 saturated heterocycles. The van der Waals surface area contributed by atoms with Gasteiger partial charge in [0, 0.05) is 22.8 Å². The van der Waals surface area contributed by atoms with E-state index >= 15 is 0 Å². The maximum atomic E-state index is 13.8. The lowest BCUT2D eigenvalue weighted by Gasteiger charge is -2.15. The first kappa shape index (κ1) is 28.4. The molecule has 0 bridgehead atoms. The molecule has 2 amide bonds. The van der Waals surface area contributed by atoms with Crippen LogP contribution in [0.25, 0.3) is 16.6 Å². The lowest BCUT2D eigenvalue weighted by Crippen LogP contribution is -2.41. The van der Waals surface area contributed by atoms with Crippen LogP contribution in [-0.2, 0) is 17.9 Å². The number of carbonyl (C=O) groups excluding carboxylic acids is 2. The molecule has 0 radical (unpaired) electrons. The smallest absolute Gasteiger partial charge is 0.336 e. The van der Waals surface area contributed by atoms with E-state index in [0.29, 0.717) is 28.7 Å². The number of amides is 2. The van der Waals surface area contributed by atoms with Gasteiger partial charge in [0.1, 0.15) is 12.3 Å². The van der Waals surface area contributed by atoms with Crippen LogP contribution in [0.4, 0.5) is 5.69 Å². The first-order valence-electron chi connectivity index (χ1n) is 13.1. The third-order valence-corrected chi connectivity index (χ3v) is 6.96. The van der Waals surface area contributed by atoms with Gasteiger partial charge in [0.25, 0.3) is 11.5 Å². The largest absolute Gasteiger partial charge is 0.497 e. The van der Waals surface area contributed by atoms with Crippen LogP contribution in [0.15, 0.2) is 101 Å². The van der Waals surface area contributed by atoms with Crippen molar-refractivity contribution >= 4 is 40.0 Å². The Morgan fingerprint density at radius 2 is 1.64 bits per heavy atom. The number of nitrogens with one attached hydrogen (secondary N) is 2. The van der Waals surface area contributed by atoms with E-state index in [1.54, 1.807) is 48.5 Å². The van der Waals surface area contributed by atoms with Crippen LogP contribution in [0.3, 0.4) is 0 Å². The van der Waals surface area contributed by atoms with Crippen molar-refractivity contribution in [2.24, 2.45) is 0 Å². The van der Waals surface area contributed by atoms with Crippen molar-refractivity contribution in [3.63, 3.8) is 0 Å². The summed E-state index contributed by atoms with van der Waals surface area (Å²) in [7, 11) is 1.51. The molecule has 5 rings (SSSR count). The number of halogens is 1. The summed E-state index contributed by atoms with van der Waals surface area (Å²) >= 11 is 6.05. The Labute approximate surface area is 245 Å². The van der Waals surface area contributed by atoms with Gasteiger partial charge in [-0.2, -0.15) is 0 Å². The van der Waals surface area contributed by atoms with Gasteiger partial charge < -0.3 is 15.4 Å². The average molecular weight is 583 g/mol. The van der Waals surface area contributed by atoms with Gasteiger partial charge in [-0.15, -0.1) is 0 Å². The predicted octanol–water partition coefficient (Wildman–Crippen LogP) is 4.69.